The van der Waals surface area contributed by atoms with E-state index in [2.05, 4.69) is 47.5 Å². The van der Waals surface area contributed by atoms with Crippen molar-refractivity contribution in [2.45, 2.75) is 13.5 Å². The van der Waals surface area contributed by atoms with E-state index in [-0.39, 0.29) is 0 Å². The van der Waals surface area contributed by atoms with Crippen LogP contribution in [0.15, 0.2) is 30.3 Å². The molecular weight excluding hydrogens is 196 g/mol. The molecule has 0 bridgehead atoms. The average Bonchev–Trinajstić information content (AvgIpc) is 2.24. The number of nitrogens with zero attached hydrogens (tertiary/aromatic N) is 1. The van der Waals surface area contributed by atoms with Gasteiger partial charge in [-0.05, 0) is 31.0 Å². The van der Waals surface area contributed by atoms with Crippen molar-refractivity contribution in [3.8, 4) is 0 Å². The molecule has 1 fully saturated rings. The van der Waals surface area contributed by atoms with Crippen molar-refractivity contribution < 1.29 is 0 Å². The van der Waals surface area contributed by atoms with Gasteiger partial charge in [0.05, 0.1) is 0 Å². The van der Waals surface area contributed by atoms with Crippen LogP contribution in [0.25, 0.3) is 0 Å². The second-order valence-electron chi connectivity index (χ2n) is 4.97. The van der Waals surface area contributed by atoms with E-state index in [4.69, 9.17) is 0 Å². The van der Waals surface area contributed by atoms with Crippen molar-refractivity contribution in [3.63, 3.8) is 0 Å². The molecule has 0 aliphatic carbocycles. The predicted octanol–water partition coefficient (Wildman–Crippen LogP) is 1.97. The van der Waals surface area contributed by atoms with Gasteiger partial charge in [0.15, 0.2) is 0 Å². The Hall–Kier alpha value is -0.860. The molecule has 0 radical (unpaired) electrons. The van der Waals surface area contributed by atoms with E-state index in [0.717, 1.165) is 24.9 Å². The zero-order valence-corrected chi connectivity index (χ0v) is 10.3. The predicted molar refractivity (Wildman–Crippen MR) is 68.3 cm³/mol. The molecule has 1 aliphatic heterocycles. The van der Waals surface area contributed by atoms with E-state index < -0.39 is 0 Å². The zero-order chi connectivity index (χ0) is 11.4. The van der Waals surface area contributed by atoms with Gasteiger partial charge in [-0.3, -0.25) is 4.90 Å². The van der Waals surface area contributed by atoms with Gasteiger partial charge in [0, 0.05) is 19.6 Å². The molecule has 1 N–H and O–H groups in total. The second-order valence-corrected chi connectivity index (χ2v) is 4.97. The molecule has 1 aromatic carbocycles. The lowest BCUT2D eigenvalue weighted by atomic mass is 9.86. The molecular formula is C14H22N2. The maximum atomic E-state index is 3.26. The highest BCUT2D eigenvalue weighted by Gasteiger charge is 2.30. The second kappa shape index (κ2) is 5.46. The SMILES string of the molecule is CNCC(C)C1CN(Cc2ccccc2)C1. The van der Waals surface area contributed by atoms with Crippen LogP contribution in [0.3, 0.4) is 0 Å². The first kappa shape index (κ1) is 11.6. The Labute approximate surface area is 98.7 Å². The summed E-state index contributed by atoms with van der Waals surface area (Å²) in [5, 5.41) is 3.26. The molecule has 0 spiro atoms. The molecule has 88 valence electrons. The number of hydrogen-bond donors (Lipinski definition) is 1. The topological polar surface area (TPSA) is 15.3 Å². The molecule has 1 aromatic rings. The fourth-order valence-corrected chi connectivity index (χ4v) is 2.43. The maximum absolute atomic E-state index is 3.26. The van der Waals surface area contributed by atoms with Gasteiger partial charge in [-0.1, -0.05) is 37.3 Å². The summed E-state index contributed by atoms with van der Waals surface area (Å²) in [5.74, 6) is 1.69. The summed E-state index contributed by atoms with van der Waals surface area (Å²) in [5.41, 5.74) is 1.43. The maximum Gasteiger partial charge on any atom is 0.0233 e. The van der Waals surface area contributed by atoms with E-state index in [9.17, 15) is 0 Å². The molecule has 0 amide bonds. The van der Waals surface area contributed by atoms with Crippen LogP contribution in [0, 0.1) is 11.8 Å². The molecule has 1 aliphatic rings. The average molecular weight is 218 g/mol. The standard InChI is InChI=1S/C14H22N2/c1-12(8-15-2)14-10-16(11-14)9-13-6-4-3-5-7-13/h3-7,12,14-15H,8-11H2,1-2H3. The third-order valence-electron chi connectivity index (χ3n) is 3.57. The highest BCUT2D eigenvalue weighted by Crippen LogP contribution is 2.24. The molecule has 2 heteroatoms. The highest BCUT2D eigenvalue weighted by atomic mass is 15.2. The lowest BCUT2D eigenvalue weighted by Gasteiger charge is -2.42. The Morgan fingerprint density at radius 1 is 1.31 bits per heavy atom. The summed E-state index contributed by atoms with van der Waals surface area (Å²) in [6.07, 6.45) is 0. The van der Waals surface area contributed by atoms with Gasteiger partial charge in [-0.2, -0.15) is 0 Å². The first-order valence-electron chi connectivity index (χ1n) is 6.20. The van der Waals surface area contributed by atoms with E-state index in [1.54, 1.807) is 0 Å². The Morgan fingerprint density at radius 2 is 2.00 bits per heavy atom. The summed E-state index contributed by atoms with van der Waals surface area (Å²) in [6, 6.07) is 10.7. The lowest BCUT2D eigenvalue weighted by molar-refractivity contribution is 0.0564. The first-order valence-corrected chi connectivity index (χ1v) is 6.20. The number of hydrogen-bond acceptors (Lipinski definition) is 2. The Balaban J connectivity index is 1.73. The minimum absolute atomic E-state index is 0.803. The fourth-order valence-electron chi connectivity index (χ4n) is 2.43. The molecule has 1 heterocycles. The number of likely N-dealkylation sites (tertiary alicyclic amines) is 1. The van der Waals surface area contributed by atoms with Crippen LogP contribution in [0.4, 0.5) is 0 Å². The Bertz CT molecular complexity index is 304. The van der Waals surface area contributed by atoms with Crippen LogP contribution in [-0.4, -0.2) is 31.6 Å². The van der Waals surface area contributed by atoms with Crippen LogP contribution < -0.4 is 5.32 Å². The third kappa shape index (κ3) is 2.83. The quantitative estimate of drug-likeness (QED) is 0.813. The van der Waals surface area contributed by atoms with Crippen molar-refractivity contribution in [1.29, 1.82) is 0 Å². The molecule has 1 unspecified atom stereocenters. The van der Waals surface area contributed by atoms with Gasteiger partial charge in [-0.25, -0.2) is 0 Å². The lowest BCUT2D eigenvalue weighted by Crippen LogP contribution is -2.50. The summed E-state index contributed by atoms with van der Waals surface area (Å²) in [4.78, 5) is 2.53. The van der Waals surface area contributed by atoms with E-state index >= 15 is 0 Å². The Kier molecular flexibility index (Phi) is 3.97. The van der Waals surface area contributed by atoms with Gasteiger partial charge < -0.3 is 5.32 Å². The molecule has 1 atom stereocenters. The summed E-state index contributed by atoms with van der Waals surface area (Å²) in [6.45, 7) is 7.13. The van der Waals surface area contributed by atoms with Gasteiger partial charge in [0.1, 0.15) is 0 Å². The van der Waals surface area contributed by atoms with E-state index in [1.165, 1.54) is 18.7 Å². The monoisotopic (exact) mass is 218 g/mol. The van der Waals surface area contributed by atoms with Crippen molar-refractivity contribution in [3.05, 3.63) is 35.9 Å². The van der Waals surface area contributed by atoms with Gasteiger partial charge >= 0.3 is 0 Å². The largest absolute Gasteiger partial charge is 0.319 e. The molecule has 0 aromatic heterocycles. The molecule has 0 saturated carbocycles. The van der Waals surface area contributed by atoms with Crippen LogP contribution in [0.5, 0.6) is 0 Å². The molecule has 2 nitrogen and oxygen atoms in total. The zero-order valence-electron chi connectivity index (χ0n) is 10.3. The van der Waals surface area contributed by atoms with E-state index in [1.807, 2.05) is 7.05 Å². The smallest absolute Gasteiger partial charge is 0.0233 e. The molecule has 2 rings (SSSR count). The fraction of sp³-hybridized carbons (Fsp3) is 0.571. The Morgan fingerprint density at radius 3 is 2.62 bits per heavy atom. The van der Waals surface area contributed by atoms with Gasteiger partial charge in [0.25, 0.3) is 0 Å². The van der Waals surface area contributed by atoms with Crippen LogP contribution in [0.1, 0.15) is 12.5 Å². The number of benzene rings is 1. The van der Waals surface area contributed by atoms with Crippen LogP contribution in [0.2, 0.25) is 0 Å². The highest BCUT2D eigenvalue weighted by molar-refractivity contribution is 5.14. The summed E-state index contributed by atoms with van der Waals surface area (Å²) in [7, 11) is 2.04. The molecule has 16 heavy (non-hydrogen) atoms. The van der Waals surface area contributed by atoms with Crippen molar-refractivity contribution in [2.75, 3.05) is 26.7 Å². The number of rotatable bonds is 5. The summed E-state index contributed by atoms with van der Waals surface area (Å²) >= 11 is 0. The van der Waals surface area contributed by atoms with Crippen molar-refractivity contribution >= 4 is 0 Å². The first-order chi connectivity index (χ1) is 7.79. The van der Waals surface area contributed by atoms with Gasteiger partial charge in [0.2, 0.25) is 0 Å². The molecule has 1 saturated heterocycles. The van der Waals surface area contributed by atoms with Crippen LogP contribution in [-0.2, 0) is 6.54 Å². The third-order valence-corrected chi connectivity index (χ3v) is 3.57. The normalized spacial score (nSPS) is 19.4. The summed E-state index contributed by atoms with van der Waals surface area (Å²) < 4.78 is 0. The minimum Gasteiger partial charge on any atom is -0.319 e. The van der Waals surface area contributed by atoms with Crippen molar-refractivity contribution in [2.24, 2.45) is 11.8 Å². The van der Waals surface area contributed by atoms with Gasteiger partial charge in [-0.15, -0.1) is 0 Å². The van der Waals surface area contributed by atoms with Crippen LogP contribution >= 0.6 is 0 Å². The van der Waals surface area contributed by atoms with E-state index in [0.29, 0.717) is 0 Å². The van der Waals surface area contributed by atoms with Crippen molar-refractivity contribution in [1.82, 2.24) is 10.2 Å². The number of nitrogens with one attached hydrogen (secondary N) is 1. The minimum atomic E-state index is 0.803.